The van der Waals surface area contributed by atoms with E-state index in [0.29, 0.717) is 13.2 Å². The van der Waals surface area contributed by atoms with Gasteiger partial charge in [-0.1, -0.05) is 12.1 Å². The lowest BCUT2D eigenvalue weighted by Crippen LogP contribution is -2.09. The molecule has 1 aromatic carbocycles. The van der Waals surface area contributed by atoms with Gasteiger partial charge in [0.15, 0.2) is 5.78 Å². The third kappa shape index (κ3) is 1.98. The minimum Gasteiger partial charge on any atom is -0.501 e. The predicted molar refractivity (Wildman–Crippen MR) is 62.5 cm³/mol. The van der Waals surface area contributed by atoms with Crippen LogP contribution >= 0.6 is 0 Å². The molecule has 88 valence electrons. The van der Waals surface area contributed by atoms with Gasteiger partial charge < -0.3 is 9.47 Å². The molecule has 0 aromatic heterocycles. The fourth-order valence-electron chi connectivity index (χ4n) is 2.23. The number of rotatable bonds is 2. The van der Waals surface area contributed by atoms with Gasteiger partial charge in [-0.3, -0.25) is 4.79 Å². The molecule has 0 fully saturated rings. The first-order chi connectivity index (χ1) is 8.34. The molecule has 17 heavy (non-hydrogen) atoms. The van der Waals surface area contributed by atoms with Crippen molar-refractivity contribution in [3.63, 3.8) is 0 Å². The summed E-state index contributed by atoms with van der Waals surface area (Å²) in [4.78, 5) is 12.2. The molecule has 0 radical (unpaired) electrons. The smallest absolute Gasteiger partial charge is 0.192 e. The standard InChI is InChI=1S/C14H14O3/c15-14(12-2-1-5-16-8-12)10-3-4-11-7-17-9-13(11)6-10/h3-4,6,8H,1-2,5,7,9H2. The lowest BCUT2D eigenvalue weighted by atomic mass is 9.97. The molecule has 0 unspecified atom stereocenters. The average Bonchev–Trinajstić information content (AvgIpc) is 2.86. The lowest BCUT2D eigenvalue weighted by molar-refractivity contribution is 0.101. The Kier molecular flexibility index (Phi) is 2.69. The van der Waals surface area contributed by atoms with Crippen molar-refractivity contribution in [2.45, 2.75) is 26.1 Å². The molecule has 0 atom stereocenters. The minimum atomic E-state index is 0.0828. The topological polar surface area (TPSA) is 35.5 Å². The number of ketones is 1. The normalized spacial score (nSPS) is 18.2. The van der Waals surface area contributed by atoms with Crippen LogP contribution in [0.15, 0.2) is 30.0 Å². The highest BCUT2D eigenvalue weighted by molar-refractivity contribution is 6.08. The number of benzene rings is 1. The maximum atomic E-state index is 12.2. The summed E-state index contributed by atoms with van der Waals surface area (Å²) in [7, 11) is 0. The molecule has 2 aliphatic heterocycles. The first-order valence-corrected chi connectivity index (χ1v) is 5.89. The summed E-state index contributed by atoms with van der Waals surface area (Å²) >= 11 is 0. The molecule has 2 aliphatic rings. The van der Waals surface area contributed by atoms with E-state index in [1.807, 2.05) is 18.2 Å². The zero-order chi connectivity index (χ0) is 11.7. The zero-order valence-corrected chi connectivity index (χ0v) is 9.57. The Balaban J connectivity index is 1.88. The first-order valence-electron chi connectivity index (χ1n) is 5.89. The number of allylic oxidation sites excluding steroid dienone is 1. The second kappa shape index (κ2) is 4.34. The number of ether oxygens (including phenoxy) is 2. The molecule has 3 nitrogen and oxygen atoms in total. The maximum Gasteiger partial charge on any atom is 0.192 e. The molecule has 1 aromatic rings. The molecular weight excluding hydrogens is 216 g/mol. The van der Waals surface area contributed by atoms with Crippen molar-refractivity contribution in [1.29, 1.82) is 0 Å². The van der Waals surface area contributed by atoms with Crippen molar-refractivity contribution in [2.24, 2.45) is 0 Å². The highest BCUT2D eigenvalue weighted by Crippen LogP contribution is 2.23. The number of hydrogen-bond acceptors (Lipinski definition) is 3. The quantitative estimate of drug-likeness (QED) is 0.732. The molecule has 0 saturated carbocycles. The summed E-state index contributed by atoms with van der Waals surface area (Å²) < 4.78 is 10.6. The second-order valence-electron chi connectivity index (χ2n) is 4.42. The molecule has 3 heteroatoms. The number of carbonyl (C=O) groups is 1. The largest absolute Gasteiger partial charge is 0.501 e. The van der Waals surface area contributed by atoms with E-state index in [4.69, 9.17) is 9.47 Å². The lowest BCUT2D eigenvalue weighted by Gasteiger charge is -2.12. The first kappa shape index (κ1) is 10.5. The van der Waals surface area contributed by atoms with Gasteiger partial charge in [0.25, 0.3) is 0 Å². The predicted octanol–water partition coefficient (Wildman–Crippen LogP) is 2.59. The molecular formula is C14H14O3. The molecule has 0 saturated heterocycles. The SMILES string of the molecule is O=C(C1=COCCC1)c1ccc2c(c1)COC2. The molecule has 0 N–H and O–H groups in total. The summed E-state index contributed by atoms with van der Waals surface area (Å²) in [6.45, 7) is 2.00. The number of hydrogen-bond donors (Lipinski definition) is 0. The van der Waals surface area contributed by atoms with Gasteiger partial charge in [0.2, 0.25) is 0 Å². The Hall–Kier alpha value is -1.61. The van der Waals surface area contributed by atoms with Gasteiger partial charge in [-0.25, -0.2) is 0 Å². The van der Waals surface area contributed by atoms with E-state index in [1.54, 1.807) is 6.26 Å². The Bertz CT molecular complexity index is 488. The third-order valence-corrected chi connectivity index (χ3v) is 3.21. The van der Waals surface area contributed by atoms with Crippen LogP contribution in [0.3, 0.4) is 0 Å². The van der Waals surface area contributed by atoms with Crippen LogP contribution in [-0.4, -0.2) is 12.4 Å². The van der Waals surface area contributed by atoms with Gasteiger partial charge in [0, 0.05) is 11.1 Å². The van der Waals surface area contributed by atoms with Crippen LogP contribution in [0, 0.1) is 0 Å². The van der Waals surface area contributed by atoms with Crippen LogP contribution in [0.5, 0.6) is 0 Å². The van der Waals surface area contributed by atoms with Crippen LogP contribution in [0.25, 0.3) is 0 Å². The Labute approximate surface area is 100 Å². The second-order valence-corrected chi connectivity index (χ2v) is 4.42. The highest BCUT2D eigenvalue weighted by atomic mass is 16.5. The van der Waals surface area contributed by atoms with E-state index in [1.165, 1.54) is 5.56 Å². The Morgan fingerprint density at radius 1 is 1.18 bits per heavy atom. The summed E-state index contributed by atoms with van der Waals surface area (Å²) in [5.41, 5.74) is 3.84. The van der Waals surface area contributed by atoms with Crippen molar-refractivity contribution in [1.82, 2.24) is 0 Å². The summed E-state index contributed by atoms with van der Waals surface area (Å²) in [6, 6.07) is 5.81. The van der Waals surface area contributed by atoms with Crippen LogP contribution < -0.4 is 0 Å². The molecule has 0 spiro atoms. The zero-order valence-electron chi connectivity index (χ0n) is 9.57. The molecule has 0 amide bonds. The van der Waals surface area contributed by atoms with Gasteiger partial charge in [-0.05, 0) is 30.0 Å². The van der Waals surface area contributed by atoms with Crippen molar-refractivity contribution < 1.29 is 14.3 Å². The van der Waals surface area contributed by atoms with Gasteiger partial charge in [0.1, 0.15) is 0 Å². The molecule has 3 rings (SSSR count). The van der Waals surface area contributed by atoms with Crippen molar-refractivity contribution in [3.8, 4) is 0 Å². The van der Waals surface area contributed by atoms with E-state index in [9.17, 15) is 4.79 Å². The van der Waals surface area contributed by atoms with Crippen LogP contribution in [0.1, 0.15) is 34.3 Å². The van der Waals surface area contributed by atoms with E-state index >= 15 is 0 Å². The summed E-state index contributed by atoms with van der Waals surface area (Å²) in [6.07, 6.45) is 3.34. The number of carbonyl (C=O) groups excluding carboxylic acids is 1. The maximum absolute atomic E-state index is 12.2. The molecule has 0 bridgehead atoms. The highest BCUT2D eigenvalue weighted by Gasteiger charge is 2.18. The van der Waals surface area contributed by atoms with Crippen molar-refractivity contribution in [2.75, 3.05) is 6.61 Å². The van der Waals surface area contributed by atoms with Crippen molar-refractivity contribution >= 4 is 5.78 Å². The van der Waals surface area contributed by atoms with Gasteiger partial charge in [0.05, 0.1) is 26.1 Å². The van der Waals surface area contributed by atoms with Crippen LogP contribution in [-0.2, 0) is 22.7 Å². The number of Topliss-reactive ketones (excluding diaryl/α,β-unsaturated/α-hetero) is 1. The minimum absolute atomic E-state index is 0.0828. The van der Waals surface area contributed by atoms with Crippen molar-refractivity contribution in [3.05, 3.63) is 46.7 Å². The van der Waals surface area contributed by atoms with Crippen LogP contribution in [0.2, 0.25) is 0 Å². The fraction of sp³-hybridized carbons (Fsp3) is 0.357. The van der Waals surface area contributed by atoms with E-state index < -0.39 is 0 Å². The average molecular weight is 230 g/mol. The third-order valence-electron chi connectivity index (χ3n) is 3.21. The number of fused-ring (bicyclic) bond motifs is 1. The van der Waals surface area contributed by atoms with Crippen LogP contribution in [0.4, 0.5) is 0 Å². The monoisotopic (exact) mass is 230 g/mol. The Morgan fingerprint density at radius 2 is 2.06 bits per heavy atom. The molecule has 0 aliphatic carbocycles. The van der Waals surface area contributed by atoms with Gasteiger partial charge in [-0.15, -0.1) is 0 Å². The van der Waals surface area contributed by atoms with Gasteiger partial charge in [-0.2, -0.15) is 0 Å². The van der Waals surface area contributed by atoms with E-state index in [0.717, 1.165) is 36.1 Å². The fourth-order valence-corrected chi connectivity index (χ4v) is 2.23. The van der Waals surface area contributed by atoms with E-state index in [-0.39, 0.29) is 5.78 Å². The Morgan fingerprint density at radius 3 is 2.88 bits per heavy atom. The van der Waals surface area contributed by atoms with E-state index in [2.05, 4.69) is 0 Å². The van der Waals surface area contributed by atoms with Gasteiger partial charge >= 0.3 is 0 Å². The molecule has 2 heterocycles. The summed E-state index contributed by atoms with van der Waals surface area (Å²) in [5, 5.41) is 0. The summed E-state index contributed by atoms with van der Waals surface area (Å²) in [5.74, 6) is 0.0828.